The van der Waals surface area contributed by atoms with Gasteiger partial charge in [-0.25, -0.2) is 0 Å². The van der Waals surface area contributed by atoms with Gasteiger partial charge in [-0.2, -0.15) is 18.3 Å². The van der Waals surface area contributed by atoms with E-state index in [9.17, 15) is 18.0 Å². The molecule has 140 valence electrons. The van der Waals surface area contributed by atoms with E-state index in [2.05, 4.69) is 15.2 Å². The highest BCUT2D eigenvalue weighted by atomic mass is 19.4. The Kier molecular flexibility index (Phi) is 5.11. The Hall–Kier alpha value is -3.36. The Morgan fingerprint density at radius 3 is 2.67 bits per heavy atom. The number of halogens is 3. The highest BCUT2D eigenvalue weighted by Crippen LogP contribution is 2.33. The lowest BCUT2D eigenvalue weighted by Crippen LogP contribution is -2.38. The van der Waals surface area contributed by atoms with E-state index in [1.165, 1.54) is 31.5 Å². The van der Waals surface area contributed by atoms with Crippen molar-refractivity contribution in [3.8, 4) is 17.0 Å². The van der Waals surface area contributed by atoms with Gasteiger partial charge in [0.15, 0.2) is 6.04 Å². The second-order valence-electron chi connectivity index (χ2n) is 5.60. The fraction of sp³-hybridized carbons (Fsp3) is 0.167. The molecule has 0 aliphatic carbocycles. The van der Waals surface area contributed by atoms with Crippen LogP contribution in [0.1, 0.15) is 22.1 Å². The van der Waals surface area contributed by atoms with Gasteiger partial charge in [0, 0.05) is 23.5 Å². The van der Waals surface area contributed by atoms with Crippen LogP contribution in [0.2, 0.25) is 0 Å². The summed E-state index contributed by atoms with van der Waals surface area (Å²) >= 11 is 0. The summed E-state index contributed by atoms with van der Waals surface area (Å²) in [5.41, 5.74) is 0.717. The summed E-state index contributed by atoms with van der Waals surface area (Å²) < 4.78 is 45.3. The van der Waals surface area contributed by atoms with Crippen molar-refractivity contribution < 1.29 is 22.7 Å². The van der Waals surface area contributed by atoms with Crippen molar-refractivity contribution in [3.05, 3.63) is 66.1 Å². The summed E-state index contributed by atoms with van der Waals surface area (Å²) in [5, 5.41) is 8.44. The molecule has 0 spiro atoms. The molecule has 9 heteroatoms. The van der Waals surface area contributed by atoms with E-state index in [0.29, 0.717) is 17.0 Å². The minimum Gasteiger partial charge on any atom is -0.496 e. The minimum absolute atomic E-state index is 0.103. The van der Waals surface area contributed by atoms with Gasteiger partial charge in [0.05, 0.1) is 12.8 Å². The molecule has 0 aliphatic rings. The molecule has 1 aromatic carbocycles. The zero-order chi connectivity index (χ0) is 19.4. The molecule has 0 fully saturated rings. The van der Waals surface area contributed by atoms with E-state index in [1.807, 2.05) is 5.32 Å². The summed E-state index contributed by atoms with van der Waals surface area (Å²) in [5.74, 6) is -0.408. The molecule has 2 aromatic heterocycles. The molecule has 2 N–H and O–H groups in total. The van der Waals surface area contributed by atoms with Crippen LogP contribution in [0.5, 0.6) is 5.75 Å². The SMILES string of the molecule is COc1ccccc1-c1cc(C(=O)N[C@H](c2cccnc2)C(F)(F)F)[nH]n1. The minimum atomic E-state index is -4.68. The van der Waals surface area contributed by atoms with Crippen molar-refractivity contribution in [1.29, 1.82) is 0 Å². The highest BCUT2D eigenvalue weighted by molar-refractivity contribution is 5.93. The van der Waals surface area contributed by atoms with Gasteiger partial charge in [-0.05, 0) is 24.3 Å². The van der Waals surface area contributed by atoms with Gasteiger partial charge in [0.25, 0.3) is 5.91 Å². The van der Waals surface area contributed by atoms with Crippen LogP contribution in [-0.2, 0) is 0 Å². The van der Waals surface area contributed by atoms with Crippen molar-refractivity contribution in [2.24, 2.45) is 0 Å². The third kappa shape index (κ3) is 4.08. The number of para-hydroxylation sites is 1. The molecular weight excluding hydrogens is 361 g/mol. The molecular formula is C18H15F3N4O2. The molecule has 3 aromatic rings. The van der Waals surface area contributed by atoms with Crippen LogP contribution in [0.4, 0.5) is 13.2 Å². The number of methoxy groups -OCH3 is 1. The molecule has 0 radical (unpaired) electrons. The average molecular weight is 376 g/mol. The Bertz CT molecular complexity index is 926. The van der Waals surface area contributed by atoms with Crippen LogP contribution in [0.3, 0.4) is 0 Å². The van der Waals surface area contributed by atoms with E-state index in [1.54, 1.807) is 24.3 Å². The molecule has 3 rings (SSSR count). The van der Waals surface area contributed by atoms with Crippen LogP contribution in [0, 0.1) is 0 Å². The number of rotatable bonds is 5. The lowest BCUT2D eigenvalue weighted by molar-refractivity contribution is -0.155. The lowest BCUT2D eigenvalue weighted by atomic mass is 10.1. The Morgan fingerprint density at radius 1 is 1.22 bits per heavy atom. The number of H-pyrrole nitrogens is 1. The van der Waals surface area contributed by atoms with E-state index in [0.717, 1.165) is 6.20 Å². The maximum Gasteiger partial charge on any atom is 0.412 e. The first kappa shape index (κ1) is 18.4. The number of hydrogen-bond acceptors (Lipinski definition) is 4. The number of alkyl halides is 3. The van der Waals surface area contributed by atoms with E-state index in [4.69, 9.17) is 4.74 Å². The number of nitrogens with zero attached hydrogens (tertiary/aromatic N) is 2. The maximum atomic E-state index is 13.4. The van der Waals surface area contributed by atoms with Gasteiger partial charge in [0.1, 0.15) is 11.4 Å². The summed E-state index contributed by atoms with van der Waals surface area (Å²) in [7, 11) is 1.49. The van der Waals surface area contributed by atoms with Crippen LogP contribution >= 0.6 is 0 Å². The Balaban J connectivity index is 1.85. The number of ether oxygens (including phenoxy) is 1. The molecule has 0 unspecified atom stereocenters. The number of pyridine rings is 1. The van der Waals surface area contributed by atoms with E-state index < -0.39 is 18.1 Å². The van der Waals surface area contributed by atoms with Gasteiger partial charge in [-0.15, -0.1) is 0 Å². The largest absolute Gasteiger partial charge is 0.496 e. The van der Waals surface area contributed by atoms with E-state index >= 15 is 0 Å². The summed E-state index contributed by atoms with van der Waals surface area (Å²) in [6.07, 6.45) is -2.26. The molecule has 0 bridgehead atoms. The predicted octanol–water partition coefficient (Wildman–Crippen LogP) is 3.51. The van der Waals surface area contributed by atoms with Gasteiger partial charge in [0.2, 0.25) is 0 Å². The third-order valence-electron chi connectivity index (χ3n) is 3.83. The molecule has 6 nitrogen and oxygen atoms in total. The molecule has 0 saturated heterocycles. The average Bonchev–Trinajstić information content (AvgIpc) is 3.15. The number of aromatic amines is 1. The highest BCUT2D eigenvalue weighted by Gasteiger charge is 2.42. The van der Waals surface area contributed by atoms with Crippen molar-refractivity contribution in [2.75, 3.05) is 7.11 Å². The first-order valence-electron chi connectivity index (χ1n) is 7.86. The van der Waals surface area contributed by atoms with Crippen LogP contribution in [0.15, 0.2) is 54.9 Å². The second kappa shape index (κ2) is 7.48. The molecule has 1 atom stereocenters. The van der Waals surface area contributed by atoms with Crippen molar-refractivity contribution in [3.63, 3.8) is 0 Å². The number of nitrogens with one attached hydrogen (secondary N) is 2. The van der Waals surface area contributed by atoms with Crippen molar-refractivity contribution in [2.45, 2.75) is 12.2 Å². The van der Waals surface area contributed by atoms with E-state index in [-0.39, 0.29) is 11.3 Å². The summed E-state index contributed by atoms with van der Waals surface area (Å²) in [6, 6.07) is 8.77. The molecule has 0 aliphatic heterocycles. The standard InChI is InChI=1S/C18H15F3N4O2/c1-27-15-7-3-2-6-12(15)13-9-14(25-24-13)17(26)23-16(18(19,20)21)11-5-4-8-22-10-11/h2-10,16H,1H3,(H,23,26)(H,24,25)/t16-/m1/s1. The molecule has 2 heterocycles. The van der Waals surface area contributed by atoms with Gasteiger partial charge < -0.3 is 10.1 Å². The number of benzene rings is 1. The molecule has 0 saturated carbocycles. The monoisotopic (exact) mass is 376 g/mol. The van der Waals surface area contributed by atoms with Crippen LogP contribution in [0.25, 0.3) is 11.3 Å². The fourth-order valence-electron chi connectivity index (χ4n) is 2.54. The van der Waals surface area contributed by atoms with Gasteiger partial charge in [-0.3, -0.25) is 14.9 Å². The third-order valence-corrected chi connectivity index (χ3v) is 3.83. The number of carbonyl (C=O) groups excluding carboxylic acids is 1. The van der Waals surface area contributed by atoms with Gasteiger partial charge >= 0.3 is 6.18 Å². The smallest absolute Gasteiger partial charge is 0.412 e. The zero-order valence-electron chi connectivity index (χ0n) is 14.1. The maximum absolute atomic E-state index is 13.4. The van der Waals surface area contributed by atoms with Crippen LogP contribution < -0.4 is 10.1 Å². The molecule has 27 heavy (non-hydrogen) atoms. The zero-order valence-corrected chi connectivity index (χ0v) is 14.1. The topological polar surface area (TPSA) is 79.9 Å². The fourth-order valence-corrected chi connectivity index (χ4v) is 2.54. The van der Waals surface area contributed by atoms with Crippen LogP contribution in [-0.4, -0.2) is 34.4 Å². The Labute approximate surface area is 152 Å². The Morgan fingerprint density at radius 2 is 2.00 bits per heavy atom. The first-order chi connectivity index (χ1) is 12.9. The number of carbonyl (C=O) groups is 1. The van der Waals surface area contributed by atoms with Gasteiger partial charge in [-0.1, -0.05) is 18.2 Å². The first-order valence-corrected chi connectivity index (χ1v) is 7.86. The molecule has 1 amide bonds. The number of aromatic nitrogens is 3. The van der Waals surface area contributed by atoms with Crippen molar-refractivity contribution >= 4 is 5.91 Å². The second-order valence-corrected chi connectivity index (χ2v) is 5.60. The quantitative estimate of drug-likeness (QED) is 0.714. The summed E-state index contributed by atoms with van der Waals surface area (Å²) in [4.78, 5) is 16.0. The predicted molar refractivity (Wildman–Crippen MR) is 91.1 cm³/mol. The number of amides is 1. The normalized spacial score (nSPS) is 12.4. The summed E-state index contributed by atoms with van der Waals surface area (Å²) in [6.45, 7) is 0. The number of hydrogen-bond donors (Lipinski definition) is 2. The van der Waals surface area contributed by atoms with Crippen molar-refractivity contribution in [1.82, 2.24) is 20.5 Å². The lowest BCUT2D eigenvalue weighted by Gasteiger charge is -2.21.